The van der Waals surface area contributed by atoms with Crippen LogP contribution in [0.2, 0.25) is 0 Å². The van der Waals surface area contributed by atoms with Crippen LogP contribution in [0.1, 0.15) is 33.4 Å². The molecule has 0 bridgehead atoms. The molecule has 0 aromatic heterocycles. The van der Waals surface area contributed by atoms with Gasteiger partial charge in [0.05, 0.1) is 0 Å². The molecule has 2 N–H and O–H groups in total. The molecule has 2 rings (SSSR count). The van der Waals surface area contributed by atoms with E-state index in [1.807, 2.05) is 41.5 Å². The largest absolute Gasteiger partial charge is 0.508 e. The normalized spacial score (nSPS) is 10.8. The van der Waals surface area contributed by atoms with Gasteiger partial charge in [-0.05, 0) is 87.1 Å². The quantitative estimate of drug-likeness (QED) is 0.838. The van der Waals surface area contributed by atoms with Gasteiger partial charge < -0.3 is 14.9 Å². The second kappa shape index (κ2) is 5.32. The Bertz CT molecular complexity index is 654. The van der Waals surface area contributed by atoms with Crippen molar-refractivity contribution in [2.24, 2.45) is 0 Å². The van der Waals surface area contributed by atoms with Crippen molar-refractivity contribution < 1.29 is 14.9 Å². The SMILES string of the molecule is Cc1cc(O)c(C)c(C)c1Oc1c(C)cc(O)c(C)c1C. The third-order valence-corrected chi connectivity index (χ3v) is 4.20. The molecule has 3 nitrogen and oxygen atoms in total. The molecule has 2 aromatic carbocycles. The second-order valence-corrected chi connectivity index (χ2v) is 5.69. The highest BCUT2D eigenvalue weighted by atomic mass is 16.5. The number of hydrogen-bond acceptors (Lipinski definition) is 3. The summed E-state index contributed by atoms with van der Waals surface area (Å²) in [7, 11) is 0. The lowest BCUT2D eigenvalue weighted by molar-refractivity contribution is 0.444. The molecule has 112 valence electrons. The van der Waals surface area contributed by atoms with Gasteiger partial charge in [0.1, 0.15) is 23.0 Å². The predicted octanol–water partition coefficient (Wildman–Crippen LogP) is 4.74. The molecule has 0 radical (unpaired) electrons. The fourth-order valence-corrected chi connectivity index (χ4v) is 2.49. The fourth-order valence-electron chi connectivity index (χ4n) is 2.49. The van der Waals surface area contributed by atoms with Crippen LogP contribution in [0.15, 0.2) is 12.1 Å². The number of aromatic hydroxyl groups is 2. The Labute approximate surface area is 125 Å². The number of phenols is 2. The molecule has 0 saturated heterocycles. The molecule has 3 heteroatoms. The predicted molar refractivity (Wildman–Crippen MR) is 84.7 cm³/mol. The number of benzene rings is 2. The standard InChI is InChI=1S/C18H22O3/c1-9-7-15(19)11(3)13(5)17(9)21-18-10(2)8-16(20)12(4)14(18)6/h7-8,19-20H,1-6H3. The van der Waals surface area contributed by atoms with Gasteiger partial charge in [-0.3, -0.25) is 0 Å². The summed E-state index contributed by atoms with van der Waals surface area (Å²) in [5.74, 6) is 2.10. The number of rotatable bonds is 2. The first-order valence-corrected chi connectivity index (χ1v) is 7.01. The van der Waals surface area contributed by atoms with Gasteiger partial charge in [-0.2, -0.15) is 0 Å². The van der Waals surface area contributed by atoms with Gasteiger partial charge in [0.25, 0.3) is 0 Å². The van der Waals surface area contributed by atoms with Crippen LogP contribution < -0.4 is 4.74 Å². The van der Waals surface area contributed by atoms with Crippen LogP contribution in [-0.4, -0.2) is 10.2 Å². The van der Waals surface area contributed by atoms with Gasteiger partial charge in [-0.15, -0.1) is 0 Å². The first-order chi connectivity index (χ1) is 9.73. The maximum absolute atomic E-state index is 9.87. The Morgan fingerprint density at radius 1 is 0.619 bits per heavy atom. The van der Waals surface area contributed by atoms with Crippen LogP contribution in [0.4, 0.5) is 0 Å². The minimum Gasteiger partial charge on any atom is -0.508 e. The summed E-state index contributed by atoms with van der Waals surface area (Å²) in [6.07, 6.45) is 0. The van der Waals surface area contributed by atoms with E-state index in [4.69, 9.17) is 4.74 Å². The van der Waals surface area contributed by atoms with Gasteiger partial charge in [0.15, 0.2) is 0 Å². The Morgan fingerprint density at radius 2 is 0.952 bits per heavy atom. The monoisotopic (exact) mass is 286 g/mol. The molecule has 0 fully saturated rings. The summed E-state index contributed by atoms with van der Waals surface area (Å²) in [5, 5.41) is 19.7. The molecule has 0 atom stereocenters. The number of hydrogen-bond donors (Lipinski definition) is 2. The number of aryl methyl sites for hydroxylation is 2. The summed E-state index contributed by atoms with van der Waals surface area (Å²) in [6.45, 7) is 11.5. The van der Waals surface area contributed by atoms with Crippen LogP contribution >= 0.6 is 0 Å². The maximum Gasteiger partial charge on any atom is 0.133 e. The lowest BCUT2D eigenvalue weighted by Crippen LogP contribution is -1.98. The van der Waals surface area contributed by atoms with Crippen LogP contribution in [0.5, 0.6) is 23.0 Å². The van der Waals surface area contributed by atoms with E-state index in [1.54, 1.807) is 12.1 Å². The third kappa shape index (κ3) is 2.56. The number of phenolic OH excluding ortho intramolecular Hbond substituents is 2. The molecular formula is C18H22O3. The van der Waals surface area contributed by atoms with Crippen LogP contribution in [-0.2, 0) is 0 Å². The van der Waals surface area contributed by atoms with E-state index in [-0.39, 0.29) is 11.5 Å². The van der Waals surface area contributed by atoms with Gasteiger partial charge in [0, 0.05) is 0 Å². The molecular weight excluding hydrogens is 264 g/mol. The van der Waals surface area contributed by atoms with Crippen molar-refractivity contribution in [1.29, 1.82) is 0 Å². The summed E-state index contributed by atoms with van der Waals surface area (Å²) < 4.78 is 6.15. The zero-order valence-electron chi connectivity index (χ0n) is 13.5. The second-order valence-electron chi connectivity index (χ2n) is 5.69. The highest BCUT2D eigenvalue weighted by Crippen LogP contribution is 2.39. The molecule has 0 spiro atoms. The van der Waals surface area contributed by atoms with E-state index in [9.17, 15) is 10.2 Å². The molecule has 0 amide bonds. The molecule has 0 saturated carbocycles. The fraction of sp³-hybridized carbons (Fsp3) is 0.333. The van der Waals surface area contributed by atoms with Crippen LogP contribution in [0, 0.1) is 41.5 Å². The zero-order chi connectivity index (χ0) is 15.9. The van der Waals surface area contributed by atoms with Crippen LogP contribution in [0.25, 0.3) is 0 Å². The highest BCUT2D eigenvalue weighted by molar-refractivity contribution is 5.57. The number of ether oxygens (including phenoxy) is 1. The van der Waals surface area contributed by atoms with E-state index in [2.05, 4.69) is 0 Å². The summed E-state index contributed by atoms with van der Waals surface area (Å²) in [6, 6.07) is 3.44. The summed E-state index contributed by atoms with van der Waals surface area (Å²) in [5.41, 5.74) is 5.28. The molecule has 2 aromatic rings. The Balaban J connectivity index is 2.59. The van der Waals surface area contributed by atoms with E-state index < -0.39 is 0 Å². The average Bonchev–Trinajstić information content (AvgIpc) is 2.42. The Hall–Kier alpha value is -2.16. The van der Waals surface area contributed by atoms with E-state index >= 15 is 0 Å². The van der Waals surface area contributed by atoms with Crippen molar-refractivity contribution in [3.8, 4) is 23.0 Å². The van der Waals surface area contributed by atoms with Crippen molar-refractivity contribution in [2.75, 3.05) is 0 Å². The topological polar surface area (TPSA) is 49.7 Å². The van der Waals surface area contributed by atoms with Crippen molar-refractivity contribution >= 4 is 0 Å². The van der Waals surface area contributed by atoms with E-state index in [1.165, 1.54) is 0 Å². The minimum atomic E-state index is 0.285. The zero-order valence-corrected chi connectivity index (χ0v) is 13.5. The van der Waals surface area contributed by atoms with Gasteiger partial charge in [-0.25, -0.2) is 0 Å². The Morgan fingerprint density at radius 3 is 1.29 bits per heavy atom. The smallest absolute Gasteiger partial charge is 0.133 e. The van der Waals surface area contributed by atoms with Crippen molar-refractivity contribution in [2.45, 2.75) is 41.5 Å². The van der Waals surface area contributed by atoms with Gasteiger partial charge in [-0.1, -0.05) is 0 Å². The van der Waals surface area contributed by atoms with Crippen molar-refractivity contribution in [3.63, 3.8) is 0 Å². The average molecular weight is 286 g/mol. The molecule has 0 aliphatic heterocycles. The molecule has 0 unspecified atom stereocenters. The Kier molecular flexibility index (Phi) is 3.86. The van der Waals surface area contributed by atoms with Gasteiger partial charge in [0.2, 0.25) is 0 Å². The lowest BCUT2D eigenvalue weighted by atomic mass is 10.0. The molecule has 0 aliphatic carbocycles. The minimum absolute atomic E-state index is 0.285. The van der Waals surface area contributed by atoms with E-state index in [0.717, 1.165) is 44.9 Å². The van der Waals surface area contributed by atoms with E-state index in [0.29, 0.717) is 0 Å². The first-order valence-electron chi connectivity index (χ1n) is 7.01. The van der Waals surface area contributed by atoms with Gasteiger partial charge >= 0.3 is 0 Å². The maximum atomic E-state index is 9.87. The molecule has 21 heavy (non-hydrogen) atoms. The van der Waals surface area contributed by atoms with Crippen LogP contribution in [0.3, 0.4) is 0 Å². The van der Waals surface area contributed by atoms with Crippen molar-refractivity contribution in [1.82, 2.24) is 0 Å². The molecule has 0 aliphatic rings. The first kappa shape index (κ1) is 15.2. The lowest BCUT2D eigenvalue weighted by Gasteiger charge is -2.19. The third-order valence-electron chi connectivity index (χ3n) is 4.20. The molecule has 0 heterocycles. The summed E-state index contributed by atoms with van der Waals surface area (Å²) in [4.78, 5) is 0. The summed E-state index contributed by atoms with van der Waals surface area (Å²) >= 11 is 0. The van der Waals surface area contributed by atoms with Crippen molar-refractivity contribution in [3.05, 3.63) is 45.5 Å². The highest BCUT2D eigenvalue weighted by Gasteiger charge is 2.16.